The van der Waals surface area contributed by atoms with Gasteiger partial charge in [-0.15, -0.1) is 10.2 Å². The molecule has 0 saturated heterocycles. The maximum Gasteiger partial charge on any atom is 0.234 e. The summed E-state index contributed by atoms with van der Waals surface area (Å²) in [5.74, 6) is 1.36. The van der Waals surface area contributed by atoms with Crippen molar-refractivity contribution in [2.75, 3.05) is 17.7 Å². The van der Waals surface area contributed by atoms with Gasteiger partial charge in [0.05, 0.1) is 23.1 Å². The lowest BCUT2D eigenvalue weighted by molar-refractivity contribution is -0.113. The van der Waals surface area contributed by atoms with Gasteiger partial charge in [0.1, 0.15) is 5.75 Å². The number of carbonyl (C=O) groups is 1. The van der Waals surface area contributed by atoms with Gasteiger partial charge >= 0.3 is 0 Å². The van der Waals surface area contributed by atoms with Crippen molar-refractivity contribution in [2.45, 2.75) is 19.0 Å². The number of carbonyl (C=O) groups excluding carboxylic acids is 1. The van der Waals surface area contributed by atoms with E-state index in [-0.39, 0.29) is 11.7 Å². The first-order chi connectivity index (χ1) is 16.4. The molecule has 174 valence electrons. The summed E-state index contributed by atoms with van der Waals surface area (Å²) in [6, 6.07) is 20.7. The summed E-state index contributed by atoms with van der Waals surface area (Å²) >= 11 is 13.5. The summed E-state index contributed by atoms with van der Waals surface area (Å²) in [6.07, 6.45) is 0. The minimum absolute atomic E-state index is 0.117. The van der Waals surface area contributed by atoms with Crippen LogP contribution in [0.1, 0.15) is 12.5 Å². The minimum Gasteiger partial charge on any atom is -0.494 e. The molecule has 1 aromatic heterocycles. The number of rotatable bonds is 8. The quantitative estimate of drug-likeness (QED) is 0.266. The fourth-order valence-electron chi connectivity index (χ4n) is 3.34. The number of thioether (sulfide) groups is 1. The first kappa shape index (κ1) is 24.1. The average molecular weight is 513 g/mol. The molecule has 0 saturated carbocycles. The number of aryl methyl sites for hydroxylation is 1. The number of ether oxygens (including phenoxy) is 1. The van der Waals surface area contributed by atoms with Crippen LogP contribution in [0.2, 0.25) is 10.0 Å². The highest BCUT2D eigenvalue weighted by atomic mass is 35.5. The Balaban J connectivity index is 1.61. The van der Waals surface area contributed by atoms with E-state index in [1.54, 1.807) is 18.2 Å². The van der Waals surface area contributed by atoms with E-state index in [4.69, 9.17) is 27.9 Å². The van der Waals surface area contributed by atoms with E-state index in [1.165, 1.54) is 11.8 Å². The van der Waals surface area contributed by atoms with E-state index < -0.39 is 0 Å². The highest BCUT2D eigenvalue weighted by molar-refractivity contribution is 7.99. The zero-order valence-electron chi connectivity index (χ0n) is 18.6. The second-order valence-corrected chi connectivity index (χ2v) is 9.19. The Bertz CT molecular complexity index is 1310. The van der Waals surface area contributed by atoms with Gasteiger partial charge in [-0.3, -0.25) is 9.36 Å². The second-order valence-electron chi connectivity index (χ2n) is 7.40. The Hall–Kier alpha value is -3.00. The van der Waals surface area contributed by atoms with E-state index in [1.807, 2.05) is 60.9 Å². The zero-order chi connectivity index (χ0) is 24.1. The molecule has 1 N–H and O–H groups in total. The summed E-state index contributed by atoms with van der Waals surface area (Å²) in [7, 11) is 0. The topological polar surface area (TPSA) is 69.0 Å². The van der Waals surface area contributed by atoms with Gasteiger partial charge in [-0.1, -0.05) is 58.7 Å². The van der Waals surface area contributed by atoms with E-state index >= 15 is 0 Å². The number of nitrogens with one attached hydrogen (secondary N) is 1. The van der Waals surface area contributed by atoms with Gasteiger partial charge in [-0.05, 0) is 62.4 Å². The smallest absolute Gasteiger partial charge is 0.234 e. The molecule has 0 aliphatic carbocycles. The molecule has 0 bridgehead atoms. The summed E-state index contributed by atoms with van der Waals surface area (Å²) in [6.45, 7) is 4.56. The third kappa shape index (κ3) is 5.73. The number of anilines is 1. The number of halogens is 2. The summed E-state index contributed by atoms with van der Waals surface area (Å²) in [4.78, 5) is 12.6. The van der Waals surface area contributed by atoms with Crippen LogP contribution < -0.4 is 10.1 Å². The lowest BCUT2D eigenvalue weighted by Crippen LogP contribution is -2.15. The molecule has 0 atom stereocenters. The molecule has 4 aromatic rings. The zero-order valence-corrected chi connectivity index (χ0v) is 20.9. The molecular formula is C25H22Cl2N4O2S. The van der Waals surface area contributed by atoms with Crippen molar-refractivity contribution in [3.8, 4) is 22.8 Å². The number of benzene rings is 3. The molecule has 0 unspecified atom stereocenters. The Morgan fingerprint density at radius 2 is 1.85 bits per heavy atom. The van der Waals surface area contributed by atoms with E-state index in [0.29, 0.717) is 33.3 Å². The predicted molar refractivity (Wildman–Crippen MR) is 139 cm³/mol. The monoisotopic (exact) mass is 512 g/mol. The van der Waals surface area contributed by atoms with Crippen molar-refractivity contribution in [1.82, 2.24) is 14.8 Å². The molecule has 6 nitrogen and oxygen atoms in total. The van der Waals surface area contributed by atoms with Crippen molar-refractivity contribution >= 4 is 46.6 Å². The minimum atomic E-state index is -0.229. The number of amides is 1. The normalized spacial score (nSPS) is 10.8. The highest BCUT2D eigenvalue weighted by Gasteiger charge is 2.18. The number of aromatic nitrogens is 3. The van der Waals surface area contributed by atoms with Crippen LogP contribution in [0.3, 0.4) is 0 Å². The lowest BCUT2D eigenvalue weighted by atomic mass is 10.1. The third-order valence-electron chi connectivity index (χ3n) is 4.85. The van der Waals surface area contributed by atoms with Crippen molar-refractivity contribution < 1.29 is 9.53 Å². The first-order valence-corrected chi connectivity index (χ1v) is 12.3. The molecule has 3 aromatic carbocycles. The Morgan fingerprint density at radius 1 is 1.06 bits per heavy atom. The van der Waals surface area contributed by atoms with Crippen molar-refractivity contribution in [3.63, 3.8) is 0 Å². The van der Waals surface area contributed by atoms with E-state index in [9.17, 15) is 4.79 Å². The Labute approximate surface area is 212 Å². The molecule has 1 amide bonds. The number of hydrogen-bond acceptors (Lipinski definition) is 5. The molecule has 0 aliphatic rings. The van der Waals surface area contributed by atoms with Crippen LogP contribution in [0.4, 0.5) is 5.69 Å². The van der Waals surface area contributed by atoms with Gasteiger partial charge in [0, 0.05) is 16.3 Å². The molecule has 4 rings (SSSR count). The van der Waals surface area contributed by atoms with E-state index in [0.717, 1.165) is 22.6 Å². The van der Waals surface area contributed by atoms with Gasteiger partial charge in [-0.2, -0.15) is 0 Å². The van der Waals surface area contributed by atoms with Crippen LogP contribution in [-0.2, 0) is 4.79 Å². The predicted octanol–water partition coefficient (Wildman–Crippen LogP) is 6.68. The van der Waals surface area contributed by atoms with Gasteiger partial charge in [0.15, 0.2) is 11.0 Å². The fraction of sp³-hybridized carbons (Fsp3) is 0.160. The Kier molecular flexibility index (Phi) is 7.77. The average Bonchev–Trinajstić information content (AvgIpc) is 3.25. The van der Waals surface area contributed by atoms with Crippen LogP contribution in [0.5, 0.6) is 5.75 Å². The van der Waals surface area contributed by atoms with Gasteiger partial charge in [0.2, 0.25) is 5.91 Å². The third-order valence-corrected chi connectivity index (χ3v) is 6.34. The second kappa shape index (κ2) is 11.0. The molecule has 9 heteroatoms. The maximum atomic E-state index is 12.6. The van der Waals surface area contributed by atoms with Crippen LogP contribution >= 0.6 is 35.0 Å². The maximum absolute atomic E-state index is 12.6. The van der Waals surface area contributed by atoms with Gasteiger partial charge < -0.3 is 10.1 Å². The van der Waals surface area contributed by atoms with Crippen LogP contribution in [0, 0.1) is 6.92 Å². The highest BCUT2D eigenvalue weighted by Crippen LogP contribution is 2.30. The van der Waals surface area contributed by atoms with Crippen molar-refractivity contribution in [3.05, 3.63) is 82.3 Å². The molecule has 0 fully saturated rings. The molecule has 34 heavy (non-hydrogen) atoms. The van der Waals surface area contributed by atoms with Crippen molar-refractivity contribution in [1.29, 1.82) is 0 Å². The summed E-state index contributed by atoms with van der Waals surface area (Å²) in [5, 5.41) is 13.1. The molecule has 1 heterocycles. The van der Waals surface area contributed by atoms with Crippen LogP contribution in [0.15, 0.2) is 71.9 Å². The molecular weight excluding hydrogens is 491 g/mol. The molecule has 0 radical (unpaired) electrons. The fourth-order valence-corrected chi connectivity index (χ4v) is 4.42. The number of nitrogens with zero attached hydrogens (tertiary/aromatic N) is 3. The first-order valence-electron chi connectivity index (χ1n) is 10.6. The summed E-state index contributed by atoms with van der Waals surface area (Å²) < 4.78 is 7.51. The lowest BCUT2D eigenvalue weighted by Gasteiger charge is -2.12. The van der Waals surface area contributed by atoms with Gasteiger partial charge in [0.25, 0.3) is 0 Å². The van der Waals surface area contributed by atoms with Crippen LogP contribution in [-0.4, -0.2) is 33.0 Å². The van der Waals surface area contributed by atoms with E-state index in [2.05, 4.69) is 21.6 Å². The van der Waals surface area contributed by atoms with Crippen LogP contribution in [0.25, 0.3) is 17.1 Å². The standard InChI is InChI=1S/C25H22Cl2N4O2S/c1-3-33-20-10-8-19(9-11-20)31-24(17-6-4-5-16(2)13-17)29-30-25(31)34-15-23(32)28-22-14-18(26)7-12-21(22)27/h4-14H,3,15H2,1-2H3,(H,28,32). The largest absolute Gasteiger partial charge is 0.494 e. The Morgan fingerprint density at radius 3 is 2.59 bits per heavy atom. The summed E-state index contributed by atoms with van der Waals surface area (Å²) in [5.41, 5.74) is 3.38. The van der Waals surface area contributed by atoms with Crippen molar-refractivity contribution in [2.24, 2.45) is 0 Å². The number of hydrogen-bond donors (Lipinski definition) is 1. The molecule has 0 spiro atoms. The SMILES string of the molecule is CCOc1ccc(-n2c(SCC(=O)Nc3cc(Cl)ccc3Cl)nnc2-c2cccc(C)c2)cc1. The van der Waals surface area contributed by atoms with Gasteiger partial charge in [-0.25, -0.2) is 0 Å². The molecule has 0 aliphatic heterocycles.